The van der Waals surface area contributed by atoms with Crippen LogP contribution in [0.1, 0.15) is 11.1 Å². The zero-order chi connectivity index (χ0) is 10.1. The van der Waals surface area contributed by atoms with E-state index in [0.717, 1.165) is 11.3 Å². The van der Waals surface area contributed by atoms with E-state index in [-0.39, 0.29) is 0 Å². The number of furan rings is 1. The summed E-state index contributed by atoms with van der Waals surface area (Å²) < 4.78 is 5.38. The Bertz CT molecular complexity index is 457. The van der Waals surface area contributed by atoms with E-state index in [4.69, 9.17) is 10.2 Å². The summed E-state index contributed by atoms with van der Waals surface area (Å²) in [6.07, 6.45) is 0. The van der Waals surface area contributed by atoms with Gasteiger partial charge in [-0.3, -0.25) is 0 Å². The van der Waals surface area contributed by atoms with Crippen molar-refractivity contribution in [2.75, 3.05) is 5.73 Å². The van der Waals surface area contributed by atoms with Crippen LogP contribution in [-0.4, -0.2) is 0 Å². The van der Waals surface area contributed by atoms with Gasteiger partial charge in [0.1, 0.15) is 5.76 Å². The summed E-state index contributed by atoms with van der Waals surface area (Å²) in [6, 6.07) is 9.83. The molecule has 2 nitrogen and oxygen atoms in total. The predicted molar refractivity (Wildman–Crippen MR) is 58.0 cm³/mol. The lowest BCUT2D eigenvalue weighted by Crippen LogP contribution is -1.85. The Labute approximate surface area is 83.4 Å². The van der Waals surface area contributed by atoms with Crippen LogP contribution in [0.5, 0.6) is 0 Å². The SMILES string of the molecule is Cc1cccc(-c2ccc(N)o2)c1C. The fourth-order valence-electron chi connectivity index (χ4n) is 1.52. The lowest BCUT2D eigenvalue weighted by Gasteiger charge is -2.04. The molecule has 72 valence electrons. The molecule has 0 amide bonds. The molecule has 0 saturated carbocycles. The number of nitrogens with two attached hydrogens (primary N) is 1. The molecular formula is C12H13NO. The van der Waals surface area contributed by atoms with Gasteiger partial charge in [-0.2, -0.15) is 0 Å². The Balaban J connectivity index is 2.57. The van der Waals surface area contributed by atoms with Gasteiger partial charge in [-0.1, -0.05) is 18.2 Å². The molecule has 0 aliphatic rings. The molecule has 0 atom stereocenters. The molecule has 1 aromatic heterocycles. The van der Waals surface area contributed by atoms with Crippen LogP contribution in [0.3, 0.4) is 0 Å². The van der Waals surface area contributed by atoms with Crippen molar-refractivity contribution in [2.24, 2.45) is 0 Å². The molecule has 0 unspecified atom stereocenters. The third kappa shape index (κ3) is 1.39. The first-order valence-electron chi connectivity index (χ1n) is 4.60. The second-order valence-corrected chi connectivity index (χ2v) is 3.45. The average molecular weight is 187 g/mol. The summed E-state index contributed by atoms with van der Waals surface area (Å²) in [5, 5.41) is 0. The van der Waals surface area contributed by atoms with Crippen molar-refractivity contribution in [1.82, 2.24) is 0 Å². The maximum Gasteiger partial charge on any atom is 0.190 e. The van der Waals surface area contributed by atoms with E-state index in [1.807, 2.05) is 18.2 Å². The maximum absolute atomic E-state index is 5.54. The summed E-state index contributed by atoms with van der Waals surface area (Å²) in [4.78, 5) is 0. The van der Waals surface area contributed by atoms with Crippen LogP contribution in [0, 0.1) is 13.8 Å². The number of anilines is 1. The fraction of sp³-hybridized carbons (Fsp3) is 0.167. The highest BCUT2D eigenvalue weighted by molar-refractivity contribution is 5.64. The van der Waals surface area contributed by atoms with Crippen molar-refractivity contribution in [2.45, 2.75) is 13.8 Å². The predicted octanol–water partition coefficient (Wildman–Crippen LogP) is 3.15. The van der Waals surface area contributed by atoms with Crippen LogP contribution in [0.25, 0.3) is 11.3 Å². The van der Waals surface area contributed by atoms with Gasteiger partial charge in [-0.25, -0.2) is 0 Å². The molecule has 0 saturated heterocycles. The smallest absolute Gasteiger partial charge is 0.190 e. The van der Waals surface area contributed by atoms with E-state index in [0.29, 0.717) is 5.88 Å². The van der Waals surface area contributed by atoms with E-state index in [1.54, 1.807) is 6.07 Å². The molecule has 0 spiro atoms. The highest BCUT2D eigenvalue weighted by Gasteiger charge is 2.06. The van der Waals surface area contributed by atoms with Gasteiger partial charge in [-0.05, 0) is 31.0 Å². The van der Waals surface area contributed by atoms with E-state index >= 15 is 0 Å². The average Bonchev–Trinajstić information content (AvgIpc) is 2.57. The summed E-state index contributed by atoms with van der Waals surface area (Å²) in [6.45, 7) is 4.18. The maximum atomic E-state index is 5.54. The van der Waals surface area contributed by atoms with Crippen molar-refractivity contribution < 1.29 is 4.42 Å². The molecule has 2 N–H and O–H groups in total. The van der Waals surface area contributed by atoms with Gasteiger partial charge in [0.15, 0.2) is 5.88 Å². The third-order valence-corrected chi connectivity index (χ3v) is 2.50. The van der Waals surface area contributed by atoms with Gasteiger partial charge in [0.2, 0.25) is 0 Å². The van der Waals surface area contributed by atoms with Crippen LogP contribution in [0.2, 0.25) is 0 Å². The Morgan fingerprint density at radius 2 is 1.86 bits per heavy atom. The highest BCUT2D eigenvalue weighted by Crippen LogP contribution is 2.27. The van der Waals surface area contributed by atoms with Gasteiger partial charge in [-0.15, -0.1) is 0 Å². The van der Waals surface area contributed by atoms with Crippen molar-refractivity contribution in [3.8, 4) is 11.3 Å². The van der Waals surface area contributed by atoms with Crippen molar-refractivity contribution in [3.05, 3.63) is 41.5 Å². The van der Waals surface area contributed by atoms with Crippen molar-refractivity contribution in [3.63, 3.8) is 0 Å². The quantitative estimate of drug-likeness (QED) is 0.744. The second kappa shape index (κ2) is 3.22. The Morgan fingerprint density at radius 1 is 1.07 bits per heavy atom. The van der Waals surface area contributed by atoms with E-state index in [9.17, 15) is 0 Å². The second-order valence-electron chi connectivity index (χ2n) is 3.45. The molecule has 2 aromatic rings. The molecule has 14 heavy (non-hydrogen) atoms. The molecule has 2 rings (SSSR count). The minimum atomic E-state index is 0.459. The topological polar surface area (TPSA) is 39.2 Å². The first-order chi connectivity index (χ1) is 6.68. The summed E-state index contributed by atoms with van der Waals surface area (Å²) in [7, 11) is 0. The normalized spacial score (nSPS) is 10.4. The van der Waals surface area contributed by atoms with Crippen LogP contribution < -0.4 is 5.73 Å². The molecule has 1 heterocycles. The Kier molecular flexibility index (Phi) is 2.04. The van der Waals surface area contributed by atoms with Crippen LogP contribution in [-0.2, 0) is 0 Å². The molecular weight excluding hydrogens is 174 g/mol. The van der Waals surface area contributed by atoms with E-state index < -0.39 is 0 Å². The first kappa shape index (κ1) is 8.88. The zero-order valence-corrected chi connectivity index (χ0v) is 8.37. The number of rotatable bonds is 1. The minimum Gasteiger partial charge on any atom is -0.441 e. The number of hydrogen-bond acceptors (Lipinski definition) is 2. The molecule has 0 bridgehead atoms. The largest absolute Gasteiger partial charge is 0.441 e. The Hall–Kier alpha value is -1.70. The lowest BCUT2D eigenvalue weighted by molar-refractivity contribution is 0.602. The van der Waals surface area contributed by atoms with Gasteiger partial charge in [0.05, 0.1) is 0 Å². The standard InChI is InChI=1S/C12H13NO/c1-8-4-3-5-10(9(8)2)11-6-7-12(13)14-11/h3-7H,13H2,1-2H3. The van der Waals surface area contributed by atoms with Crippen LogP contribution >= 0.6 is 0 Å². The van der Waals surface area contributed by atoms with Gasteiger partial charge in [0.25, 0.3) is 0 Å². The molecule has 0 aliphatic heterocycles. The summed E-state index contributed by atoms with van der Waals surface area (Å²) >= 11 is 0. The van der Waals surface area contributed by atoms with Crippen LogP contribution in [0.4, 0.5) is 5.88 Å². The number of aryl methyl sites for hydroxylation is 1. The monoisotopic (exact) mass is 187 g/mol. The molecule has 2 heteroatoms. The number of nitrogen functional groups attached to an aromatic ring is 1. The van der Waals surface area contributed by atoms with E-state index in [2.05, 4.69) is 19.9 Å². The summed E-state index contributed by atoms with van der Waals surface area (Å²) in [5.74, 6) is 1.30. The van der Waals surface area contributed by atoms with Gasteiger partial charge < -0.3 is 10.2 Å². The molecule has 0 radical (unpaired) electrons. The Morgan fingerprint density at radius 3 is 2.50 bits per heavy atom. The zero-order valence-electron chi connectivity index (χ0n) is 8.37. The lowest BCUT2D eigenvalue weighted by atomic mass is 10.0. The van der Waals surface area contributed by atoms with E-state index in [1.165, 1.54) is 11.1 Å². The fourth-order valence-corrected chi connectivity index (χ4v) is 1.52. The number of benzene rings is 1. The van der Waals surface area contributed by atoms with Gasteiger partial charge in [0, 0.05) is 11.6 Å². The third-order valence-electron chi connectivity index (χ3n) is 2.50. The molecule has 1 aromatic carbocycles. The van der Waals surface area contributed by atoms with Crippen LogP contribution in [0.15, 0.2) is 34.7 Å². The minimum absolute atomic E-state index is 0.459. The summed E-state index contributed by atoms with van der Waals surface area (Å²) in [5.41, 5.74) is 9.15. The molecule has 0 aliphatic carbocycles. The van der Waals surface area contributed by atoms with Crippen molar-refractivity contribution >= 4 is 5.88 Å². The highest BCUT2D eigenvalue weighted by atomic mass is 16.3. The first-order valence-corrected chi connectivity index (χ1v) is 4.60. The van der Waals surface area contributed by atoms with Crippen molar-refractivity contribution in [1.29, 1.82) is 0 Å². The number of hydrogen-bond donors (Lipinski definition) is 1. The van der Waals surface area contributed by atoms with Gasteiger partial charge >= 0.3 is 0 Å². The molecule has 0 fully saturated rings.